The van der Waals surface area contributed by atoms with Gasteiger partial charge in [0.1, 0.15) is 28.9 Å². The summed E-state index contributed by atoms with van der Waals surface area (Å²) in [6, 6.07) is 11.5. The Labute approximate surface area is 214 Å². The molecule has 0 bridgehead atoms. The Morgan fingerprint density at radius 3 is 2.65 bits per heavy atom. The molecule has 11 nitrogen and oxygen atoms in total. The predicted octanol–water partition coefficient (Wildman–Crippen LogP) is 4.33. The van der Waals surface area contributed by atoms with Gasteiger partial charge in [0.25, 0.3) is 0 Å². The van der Waals surface area contributed by atoms with Crippen LogP contribution in [0.2, 0.25) is 0 Å². The Balaban J connectivity index is 1.42. The lowest BCUT2D eigenvalue weighted by Gasteiger charge is -2.19. The van der Waals surface area contributed by atoms with Gasteiger partial charge in [-0.1, -0.05) is 6.92 Å². The second-order valence-corrected chi connectivity index (χ2v) is 10.6. The van der Waals surface area contributed by atoms with E-state index in [0.29, 0.717) is 34.8 Å². The van der Waals surface area contributed by atoms with E-state index in [1.807, 2.05) is 61.9 Å². The summed E-state index contributed by atoms with van der Waals surface area (Å²) < 4.78 is 33.8. The molecule has 0 radical (unpaired) electrons. The topological polar surface area (TPSA) is 128 Å². The van der Waals surface area contributed by atoms with Gasteiger partial charge in [0.05, 0.1) is 29.8 Å². The number of nitrogens with zero attached hydrogens (tertiary/aromatic N) is 7. The van der Waals surface area contributed by atoms with Gasteiger partial charge in [0.2, 0.25) is 16.0 Å². The summed E-state index contributed by atoms with van der Waals surface area (Å²) in [5.41, 5.74) is 4.47. The molecule has 0 amide bonds. The van der Waals surface area contributed by atoms with E-state index < -0.39 is 10.0 Å². The minimum Gasteiger partial charge on any atom is -0.457 e. The highest BCUT2D eigenvalue weighted by molar-refractivity contribution is 7.92. The van der Waals surface area contributed by atoms with Gasteiger partial charge < -0.3 is 14.6 Å². The second-order valence-electron chi connectivity index (χ2n) is 8.67. The molecule has 0 saturated heterocycles. The SMILES string of the molecule is CCCN(c1ncc2ncnc(Nc3ccc(Oc4ccc5c(c4)ncn5C)c(C)c3)c2n1)S(C)(=O)=O. The van der Waals surface area contributed by atoms with Crippen molar-refractivity contribution >= 4 is 49.5 Å². The molecule has 0 spiro atoms. The molecule has 0 fully saturated rings. The van der Waals surface area contributed by atoms with E-state index in [0.717, 1.165) is 28.5 Å². The smallest absolute Gasteiger partial charge is 0.240 e. The van der Waals surface area contributed by atoms with E-state index in [-0.39, 0.29) is 12.5 Å². The van der Waals surface area contributed by atoms with Crippen LogP contribution < -0.4 is 14.4 Å². The third-order valence-corrected chi connectivity index (χ3v) is 6.92. The predicted molar refractivity (Wildman–Crippen MR) is 143 cm³/mol. The monoisotopic (exact) mass is 518 g/mol. The Bertz CT molecular complexity index is 1720. The van der Waals surface area contributed by atoms with Crippen molar-refractivity contribution in [2.75, 3.05) is 22.4 Å². The molecule has 0 aliphatic heterocycles. The second kappa shape index (κ2) is 9.62. The average molecular weight is 519 g/mol. The van der Waals surface area contributed by atoms with Gasteiger partial charge in [-0.3, -0.25) is 0 Å². The van der Waals surface area contributed by atoms with E-state index in [2.05, 4.69) is 30.2 Å². The van der Waals surface area contributed by atoms with E-state index in [4.69, 9.17) is 4.74 Å². The molecule has 5 rings (SSSR count). The van der Waals surface area contributed by atoms with Crippen molar-refractivity contribution < 1.29 is 13.2 Å². The fourth-order valence-electron chi connectivity index (χ4n) is 3.96. The van der Waals surface area contributed by atoms with Crippen molar-refractivity contribution in [1.29, 1.82) is 0 Å². The Hall–Kier alpha value is -4.32. The fraction of sp³-hybridized carbons (Fsp3) is 0.240. The van der Waals surface area contributed by atoms with Gasteiger partial charge in [-0.2, -0.15) is 0 Å². The number of fused-ring (bicyclic) bond motifs is 2. The van der Waals surface area contributed by atoms with E-state index >= 15 is 0 Å². The molecule has 0 saturated carbocycles. The van der Waals surface area contributed by atoms with Crippen LogP contribution in [-0.2, 0) is 17.1 Å². The molecule has 190 valence electrons. The average Bonchev–Trinajstić information content (AvgIpc) is 3.23. The number of aryl methyl sites for hydroxylation is 2. The quantitative estimate of drug-likeness (QED) is 0.319. The number of anilines is 3. The van der Waals surface area contributed by atoms with Gasteiger partial charge in [-0.15, -0.1) is 0 Å². The van der Waals surface area contributed by atoms with E-state index in [1.165, 1.54) is 16.8 Å². The highest BCUT2D eigenvalue weighted by Crippen LogP contribution is 2.31. The molecule has 0 atom stereocenters. The number of benzene rings is 2. The highest BCUT2D eigenvalue weighted by Gasteiger charge is 2.20. The zero-order valence-electron chi connectivity index (χ0n) is 20.9. The normalized spacial score (nSPS) is 11.7. The Morgan fingerprint density at radius 2 is 1.89 bits per heavy atom. The first-order valence-electron chi connectivity index (χ1n) is 11.6. The summed E-state index contributed by atoms with van der Waals surface area (Å²) in [6.45, 7) is 4.11. The first kappa shape index (κ1) is 24.4. The number of rotatable bonds is 8. The van der Waals surface area contributed by atoms with E-state index in [1.54, 1.807) is 6.33 Å². The summed E-state index contributed by atoms with van der Waals surface area (Å²) in [6.07, 6.45) is 6.44. The maximum absolute atomic E-state index is 12.3. The molecule has 0 aliphatic carbocycles. The Morgan fingerprint density at radius 1 is 1.05 bits per heavy atom. The van der Waals surface area contributed by atoms with Crippen molar-refractivity contribution in [1.82, 2.24) is 29.5 Å². The largest absolute Gasteiger partial charge is 0.457 e. The number of sulfonamides is 1. The molecule has 12 heteroatoms. The number of ether oxygens (including phenoxy) is 1. The lowest BCUT2D eigenvalue weighted by atomic mass is 10.2. The molecule has 0 unspecified atom stereocenters. The first-order chi connectivity index (χ1) is 17.7. The molecule has 37 heavy (non-hydrogen) atoms. The van der Waals surface area contributed by atoms with Crippen LogP contribution in [0.5, 0.6) is 11.5 Å². The van der Waals surface area contributed by atoms with Crippen molar-refractivity contribution in [2.24, 2.45) is 7.05 Å². The van der Waals surface area contributed by atoms with Crippen LogP contribution in [0.15, 0.2) is 55.2 Å². The fourth-order valence-corrected chi connectivity index (χ4v) is 4.86. The Kier molecular flexibility index (Phi) is 6.34. The lowest BCUT2D eigenvalue weighted by Crippen LogP contribution is -2.32. The molecule has 3 aromatic heterocycles. The van der Waals surface area contributed by atoms with E-state index in [9.17, 15) is 8.42 Å². The molecular weight excluding hydrogens is 492 g/mol. The summed E-state index contributed by atoms with van der Waals surface area (Å²) in [5.74, 6) is 1.93. The molecule has 3 heterocycles. The number of hydrogen-bond acceptors (Lipinski definition) is 9. The molecule has 2 aromatic carbocycles. The maximum atomic E-state index is 12.3. The molecule has 5 aromatic rings. The van der Waals surface area contributed by atoms with Crippen LogP contribution in [0, 0.1) is 6.92 Å². The van der Waals surface area contributed by atoms with Crippen molar-refractivity contribution in [3.8, 4) is 11.5 Å². The van der Waals surface area contributed by atoms with Crippen LogP contribution in [0.1, 0.15) is 18.9 Å². The molecule has 1 N–H and O–H groups in total. The van der Waals surface area contributed by atoms with Gasteiger partial charge in [-0.25, -0.2) is 37.6 Å². The van der Waals surface area contributed by atoms with Gasteiger partial charge in [-0.05, 0) is 49.2 Å². The van der Waals surface area contributed by atoms with Gasteiger partial charge in [0, 0.05) is 25.3 Å². The minimum atomic E-state index is -3.54. The maximum Gasteiger partial charge on any atom is 0.240 e. The number of aromatic nitrogens is 6. The van der Waals surface area contributed by atoms with Crippen LogP contribution in [-0.4, -0.2) is 50.7 Å². The lowest BCUT2D eigenvalue weighted by molar-refractivity contribution is 0.479. The number of imidazole rings is 1. The van der Waals surface area contributed by atoms with Crippen LogP contribution in [0.25, 0.3) is 22.1 Å². The van der Waals surface area contributed by atoms with Crippen molar-refractivity contribution in [3.05, 3.63) is 60.8 Å². The molecular formula is C25H26N8O3S. The van der Waals surface area contributed by atoms with Crippen molar-refractivity contribution in [2.45, 2.75) is 20.3 Å². The summed E-state index contributed by atoms with van der Waals surface area (Å²) in [5, 5.41) is 3.26. The zero-order chi connectivity index (χ0) is 26.2. The minimum absolute atomic E-state index is 0.0829. The summed E-state index contributed by atoms with van der Waals surface area (Å²) in [4.78, 5) is 21.7. The van der Waals surface area contributed by atoms with Crippen LogP contribution >= 0.6 is 0 Å². The summed E-state index contributed by atoms with van der Waals surface area (Å²) in [7, 11) is -1.59. The number of nitrogens with one attached hydrogen (secondary N) is 1. The first-order valence-corrected chi connectivity index (χ1v) is 13.5. The third kappa shape index (κ3) is 5.00. The number of hydrogen-bond donors (Lipinski definition) is 1. The van der Waals surface area contributed by atoms with Crippen LogP contribution in [0.4, 0.5) is 17.5 Å². The zero-order valence-corrected chi connectivity index (χ0v) is 21.7. The molecule has 0 aliphatic rings. The van der Waals surface area contributed by atoms with Gasteiger partial charge in [0.15, 0.2) is 5.82 Å². The third-order valence-electron chi connectivity index (χ3n) is 5.78. The summed E-state index contributed by atoms with van der Waals surface area (Å²) >= 11 is 0. The van der Waals surface area contributed by atoms with Gasteiger partial charge >= 0.3 is 0 Å². The highest BCUT2D eigenvalue weighted by atomic mass is 32.2. The van der Waals surface area contributed by atoms with Crippen LogP contribution in [0.3, 0.4) is 0 Å². The van der Waals surface area contributed by atoms with Crippen molar-refractivity contribution in [3.63, 3.8) is 0 Å². The standard InChI is InChI=1S/C25H26N8O3S/c1-5-10-33(37(4,34)35)25-26-13-20-23(31-25)24(28-14-27-20)30-17-6-9-22(16(2)11-17)36-18-7-8-21-19(12-18)29-15-32(21)3/h6-9,11-15H,5,10H2,1-4H3,(H,27,28,30).